The highest BCUT2D eigenvalue weighted by Gasteiger charge is 2.44. The number of carbonyl (C=O) groups is 1. The maximum Gasteiger partial charge on any atom is 0.254 e. The number of aliphatic hydroxyl groups is 1. The van der Waals surface area contributed by atoms with E-state index in [2.05, 4.69) is 0 Å². The summed E-state index contributed by atoms with van der Waals surface area (Å²) in [7, 11) is 0. The zero-order valence-corrected chi connectivity index (χ0v) is 19.7. The summed E-state index contributed by atoms with van der Waals surface area (Å²) < 4.78 is 49.2. The largest absolute Gasteiger partial charge is 0.386 e. The van der Waals surface area contributed by atoms with Gasteiger partial charge in [-0.1, -0.05) is 6.07 Å². The number of benzene rings is 2. The van der Waals surface area contributed by atoms with E-state index < -0.39 is 29.0 Å². The third-order valence-corrected chi connectivity index (χ3v) is 6.93. The van der Waals surface area contributed by atoms with Gasteiger partial charge in [0, 0.05) is 27.7 Å². The maximum absolute atomic E-state index is 14.6. The molecule has 0 aliphatic carbocycles. The quantitative estimate of drug-likeness (QED) is 0.495. The van der Waals surface area contributed by atoms with Crippen molar-refractivity contribution < 1.29 is 27.8 Å². The lowest BCUT2D eigenvalue weighted by Gasteiger charge is -2.47. The number of β-amino-alcohol motifs (C(OH)–C–C–N with tert-alkyl or cyclic N) is 1. The first-order valence-corrected chi connectivity index (χ1v) is 11.9. The number of likely N-dealkylation sites (tertiary alicyclic amines) is 1. The molecular formula is C24H25F3INO3. The van der Waals surface area contributed by atoms with Crippen LogP contribution < -0.4 is 0 Å². The Labute approximate surface area is 198 Å². The summed E-state index contributed by atoms with van der Waals surface area (Å²) >= 11 is 1.96. The zero-order valence-electron chi connectivity index (χ0n) is 17.6. The van der Waals surface area contributed by atoms with Gasteiger partial charge in [-0.25, -0.2) is 13.2 Å². The normalized spacial score (nSPS) is 19.8. The second-order valence-electron chi connectivity index (χ2n) is 8.71. The minimum Gasteiger partial charge on any atom is -0.386 e. The number of carbonyl (C=O) groups excluding carboxylic acids is 1. The highest BCUT2D eigenvalue weighted by Crippen LogP contribution is 2.31. The van der Waals surface area contributed by atoms with Crippen molar-refractivity contribution in [3.05, 3.63) is 68.0 Å². The van der Waals surface area contributed by atoms with Crippen molar-refractivity contribution in [2.75, 3.05) is 19.7 Å². The van der Waals surface area contributed by atoms with Gasteiger partial charge in [0.05, 0.1) is 24.8 Å². The molecule has 0 radical (unpaired) electrons. The summed E-state index contributed by atoms with van der Waals surface area (Å²) in [4.78, 5) is 14.4. The molecule has 2 fully saturated rings. The van der Waals surface area contributed by atoms with Crippen molar-refractivity contribution in [2.24, 2.45) is 0 Å². The molecule has 1 amide bonds. The van der Waals surface area contributed by atoms with Crippen molar-refractivity contribution in [1.29, 1.82) is 0 Å². The van der Waals surface area contributed by atoms with E-state index in [-0.39, 0.29) is 42.3 Å². The molecule has 0 bridgehead atoms. The molecule has 1 N–H and O–H groups in total. The molecule has 2 aromatic carbocycles. The van der Waals surface area contributed by atoms with Gasteiger partial charge < -0.3 is 14.7 Å². The van der Waals surface area contributed by atoms with Gasteiger partial charge in [-0.15, -0.1) is 0 Å². The first-order valence-electron chi connectivity index (χ1n) is 10.8. The zero-order chi connectivity index (χ0) is 22.9. The molecule has 4 rings (SSSR count). The molecule has 2 heterocycles. The van der Waals surface area contributed by atoms with Crippen LogP contribution in [0, 0.1) is 21.0 Å². The average molecular weight is 559 g/mol. The van der Waals surface area contributed by atoms with Crippen molar-refractivity contribution >= 4 is 28.5 Å². The smallest absolute Gasteiger partial charge is 0.254 e. The molecule has 32 heavy (non-hydrogen) atoms. The molecule has 0 aromatic heterocycles. The van der Waals surface area contributed by atoms with Crippen LogP contribution in [0.15, 0.2) is 30.3 Å². The molecule has 0 spiro atoms. The minimum absolute atomic E-state index is 0.0109. The summed E-state index contributed by atoms with van der Waals surface area (Å²) in [6.45, 7) is 1.06. The van der Waals surface area contributed by atoms with Gasteiger partial charge in [0.25, 0.3) is 5.91 Å². The van der Waals surface area contributed by atoms with Gasteiger partial charge in [0.15, 0.2) is 11.6 Å². The monoisotopic (exact) mass is 559 g/mol. The second kappa shape index (κ2) is 9.69. The second-order valence-corrected chi connectivity index (χ2v) is 9.96. The van der Waals surface area contributed by atoms with E-state index >= 15 is 0 Å². The van der Waals surface area contributed by atoms with Gasteiger partial charge in [-0.3, -0.25) is 4.79 Å². The Balaban J connectivity index is 1.44. The van der Waals surface area contributed by atoms with E-state index in [1.165, 1.54) is 23.1 Å². The number of nitrogens with zero attached hydrogens (tertiary/aromatic N) is 1. The number of amides is 1. The fourth-order valence-electron chi connectivity index (χ4n) is 4.49. The van der Waals surface area contributed by atoms with E-state index in [4.69, 9.17) is 4.74 Å². The van der Waals surface area contributed by atoms with E-state index in [1.807, 2.05) is 22.6 Å². The number of rotatable bonds is 7. The summed E-state index contributed by atoms with van der Waals surface area (Å²) in [6.07, 6.45) is 4.35. The van der Waals surface area contributed by atoms with Crippen LogP contribution in [0.3, 0.4) is 0 Å². The first kappa shape index (κ1) is 23.5. The van der Waals surface area contributed by atoms with Crippen molar-refractivity contribution in [3.63, 3.8) is 0 Å². The van der Waals surface area contributed by atoms with Crippen LogP contribution in [-0.2, 0) is 11.2 Å². The lowest BCUT2D eigenvalue weighted by Crippen LogP contribution is -2.63. The molecule has 1 atom stereocenters. The molecule has 4 nitrogen and oxygen atoms in total. The van der Waals surface area contributed by atoms with Gasteiger partial charge in [-0.05, 0) is 84.5 Å². The Kier molecular flexibility index (Phi) is 7.11. The van der Waals surface area contributed by atoms with Crippen LogP contribution in [0.2, 0.25) is 0 Å². The Morgan fingerprint density at radius 1 is 1.19 bits per heavy atom. The highest BCUT2D eigenvalue weighted by molar-refractivity contribution is 14.1. The summed E-state index contributed by atoms with van der Waals surface area (Å²) in [6, 6.07) is 6.62. The molecule has 2 saturated heterocycles. The van der Waals surface area contributed by atoms with Gasteiger partial charge in [0.2, 0.25) is 0 Å². The van der Waals surface area contributed by atoms with Gasteiger partial charge in [-0.2, -0.15) is 0 Å². The fraction of sp³-hybridized carbons (Fsp3) is 0.458. The van der Waals surface area contributed by atoms with Crippen molar-refractivity contribution in [2.45, 2.75) is 50.2 Å². The lowest BCUT2D eigenvalue weighted by molar-refractivity contribution is -0.0881. The molecule has 0 saturated carbocycles. The van der Waals surface area contributed by atoms with Gasteiger partial charge >= 0.3 is 0 Å². The molecule has 8 heteroatoms. The maximum atomic E-state index is 14.6. The molecule has 2 aliphatic heterocycles. The first-order chi connectivity index (χ1) is 15.3. The average Bonchev–Trinajstić information content (AvgIpc) is 3.24. The van der Waals surface area contributed by atoms with Gasteiger partial charge in [0.1, 0.15) is 5.82 Å². The number of ether oxygens (including phenoxy) is 1. The minimum atomic E-state index is -1.15. The van der Waals surface area contributed by atoms with Crippen molar-refractivity contribution in [1.82, 2.24) is 4.90 Å². The number of halogens is 4. The van der Waals surface area contributed by atoms with Crippen LogP contribution >= 0.6 is 22.6 Å². The predicted molar refractivity (Wildman–Crippen MR) is 122 cm³/mol. The summed E-state index contributed by atoms with van der Waals surface area (Å²) in [5, 5.41) is 10.7. The van der Waals surface area contributed by atoms with Crippen LogP contribution in [0.5, 0.6) is 0 Å². The lowest BCUT2D eigenvalue weighted by atomic mass is 9.86. The molecule has 2 aliphatic rings. The van der Waals surface area contributed by atoms with E-state index in [9.17, 15) is 23.1 Å². The third kappa shape index (κ3) is 5.12. The fourth-order valence-corrected chi connectivity index (χ4v) is 4.94. The molecule has 172 valence electrons. The number of hydrogen-bond acceptors (Lipinski definition) is 3. The van der Waals surface area contributed by atoms with E-state index in [0.29, 0.717) is 9.99 Å². The summed E-state index contributed by atoms with van der Waals surface area (Å²) in [5.74, 6) is -3.27. The predicted octanol–water partition coefficient (Wildman–Crippen LogP) is 4.84. The number of hydrogen-bond donors (Lipinski definition) is 1. The SMILES string of the molecule is O=C(c1ccc(F)c(F)c1Cc1ccc(I)cc1F)N1CC(O)(CCCC2CCCO2)C1. The Hall–Kier alpha value is -1.65. The van der Waals surface area contributed by atoms with Crippen LogP contribution in [-0.4, -0.2) is 47.3 Å². The highest BCUT2D eigenvalue weighted by atomic mass is 127. The van der Waals surface area contributed by atoms with E-state index in [0.717, 1.165) is 38.4 Å². The molecule has 1 unspecified atom stereocenters. The summed E-state index contributed by atoms with van der Waals surface area (Å²) in [5.41, 5.74) is -0.986. The van der Waals surface area contributed by atoms with Crippen LogP contribution in [0.4, 0.5) is 13.2 Å². The topological polar surface area (TPSA) is 49.8 Å². The molecule has 2 aromatic rings. The van der Waals surface area contributed by atoms with Crippen molar-refractivity contribution in [3.8, 4) is 0 Å². The molecular weight excluding hydrogens is 534 g/mol. The van der Waals surface area contributed by atoms with Crippen LogP contribution in [0.25, 0.3) is 0 Å². The standard InChI is InChI=1S/C24H25F3INO3/c25-20-8-7-18(19(22(20)27)11-15-5-6-16(28)12-21(15)26)23(30)29-13-24(31,14-29)9-1-3-17-4-2-10-32-17/h5-8,12,17,31H,1-4,9-11,13-14H2. The Bertz CT molecular complexity index is 1000. The van der Waals surface area contributed by atoms with E-state index in [1.54, 1.807) is 6.07 Å². The Morgan fingerprint density at radius 2 is 1.97 bits per heavy atom. The van der Waals surface area contributed by atoms with Crippen LogP contribution in [0.1, 0.15) is 53.6 Å². The third-order valence-electron chi connectivity index (χ3n) is 6.26. The Morgan fingerprint density at radius 3 is 2.66 bits per heavy atom.